The number of ether oxygens (including phenoxy) is 1. The fraction of sp³-hybridized carbons (Fsp3) is 0.783. The van der Waals surface area contributed by atoms with Gasteiger partial charge in [0.15, 0.2) is 5.60 Å². The maximum Gasteiger partial charge on any atom is 0.304 e. The molecular formula is C23H32O4. The monoisotopic (exact) mass is 372 g/mol. The number of aliphatic hydroxyl groups excluding tert-OH is 2. The van der Waals surface area contributed by atoms with Gasteiger partial charge in [0.2, 0.25) is 0 Å². The van der Waals surface area contributed by atoms with Gasteiger partial charge in [-0.05, 0) is 69.1 Å². The summed E-state index contributed by atoms with van der Waals surface area (Å²) in [5.41, 5.74) is 0.0970. The predicted octanol–water partition coefficient (Wildman–Crippen LogP) is 3.22. The summed E-state index contributed by atoms with van der Waals surface area (Å²) < 4.78 is 5.80. The van der Waals surface area contributed by atoms with Crippen molar-refractivity contribution in [2.45, 2.75) is 76.9 Å². The van der Waals surface area contributed by atoms with Crippen molar-refractivity contribution in [2.24, 2.45) is 28.6 Å². The van der Waals surface area contributed by atoms with Gasteiger partial charge < -0.3 is 14.9 Å². The Kier molecular flexibility index (Phi) is 4.48. The van der Waals surface area contributed by atoms with Crippen LogP contribution in [0.1, 0.15) is 65.2 Å². The maximum atomic E-state index is 11.8. The molecule has 2 N–H and O–H groups in total. The molecule has 0 saturated heterocycles. The van der Waals surface area contributed by atoms with Crippen LogP contribution in [-0.2, 0) is 9.53 Å². The molecule has 0 aromatic heterocycles. The summed E-state index contributed by atoms with van der Waals surface area (Å²) in [7, 11) is 0. The van der Waals surface area contributed by atoms with E-state index in [0.29, 0.717) is 24.2 Å². The first-order chi connectivity index (χ1) is 12.8. The van der Waals surface area contributed by atoms with Gasteiger partial charge in [-0.3, -0.25) is 4.79 Å². The van der Waals surface area contributed by atoms with Crippen molar-refractivity contribution < 1.29 is 19.7 Å². The summed E-state index contributed by atoms with van der Waals surface area (Å²) in [5, 5.41) is 20.6. The van der Waals surface area contributed by atoms with E-state index in [1.165, 1.54) is 12.5 Å². The van der Waals surface area contributed by atoms with Crippen LogP contribution in [-0.4, -0.2) is 34.5 Å². The SMILES string of the molecule is C#C[C@]1(OC(C)=O)CC[C@H]2[C@@H]3CC=C4C[C@@H](O)CC[C@]4(CO)[C@H]3CC[C@@]21C. The number of esters is 1. The lowest BCUT2D eigenvalue weighted by Gasteiger charge is -2.59. The van der Waals surface area contributed by atoms with E-state index in [1.807, 2.05) is 0 Å². The first-order valence-electron chi connectivity index (χ1n) is 10.5. The minimum Gasteiger partial charge on any atom is -0.445 e. The third kappa shape index (κ3) is 2.47. The normalized spacial score (nSPS) is 48.5. The molecule has 0 aliphatic heterocycles. The summed E-state index contributed by atoms with van der Waals surface area (Å²) in [4.78, 5) is 11.8. The van der Waals surface area contributed by atoms with Crippen molar-refractivity contribution in [3.63, 3.8) is 0 Å². The Balaban J connectivity index is 1.70. The number of carbonyl (C=O) groups is 1. The van der Waals surface area contributed by atoms with E-state index < -0.39 is 5.60 Å². The highest BCUT2D eigenvalue weighted by Gasteiger charge is 2.65. The van der Waals surface area contributed by atoms with E-state index in [-0.39, 0.29) is 29.5 Å². The third-order valence-electron chi connectivity index (χ3n) is 8.75. The molecule has 0 radical (unpaired) electrons. The van der Waals surface area contributed by atoms with E-state index in [4.69, 9.17) is 11.2 Å². The van der Waals surface area contributed by atoms with E-state index in [1.54, 1.807) is 0 Å². The predicted molar refractivity (Wildman–Crippen MR) is 102 cm³/mol. The summed E-state index contributed by atoms with van der Waals surface area (Å²) >= 11 is 0. The lowest BCUT2D eigenvalue weighted by atomic mass is 9.46. The standard InChI is InChI=1S/C23H32O4/c1-4-23(27-15(2)25)12-9-19-18-6-5-16-13-17(26)7-11-22(16,14-24)20(18)8-10-21(19,23)3/h1,5,17-20,24,26H,6-14H2,2-3H3/t17-,18-,19-,20-,21-,22+,23-/m0/s1. The Bertz CT molecular complexity index is 706. The molecule has 0 amide bonds. The molecule has 0 spiro atoms. The molecule has 0 aromatic carbocycles. The zero-order valence-electron chi connectivity index (χ0n) is 16.5. The molecular weight excluding hydrogens is 340 g/mol. The topological polar surface area (TPSA) is 66.8 Å². The van der Waals surface area contributed by atoms with Gasteiger partial charge in [0.1, 0.15) is 0 Å². The zero-order chi connectivity index (χ0) is 19.4. The molecule has 4 aliphatic rings. The van der Waals surface area contributed by atoms with Crippen molar-refractivity contribution in [3.05, 3.63) is 11.6 Å². The molecule has 0 unspecified atom stereocenters. The number of hydrogen-bond donors (Lipinski definition) is 2. The van der Waals surface area contributed by atoms with E-state index >= 15 is 0 Å². The highest BCUT2D eigenvalue weighted by molar-refractivity contribution is 5.67. The highest BCUT2D eigenvalue weighted by Crippen LogP contribution is 2.67. The molecule has 3 fully saturated rings. The number of terminal acetylenes is 1. The van der Waals surface area contributed by atoms with Gasteiger partial charge in [-0.15, -0.1) is 6.42 Å². The summed E-state index contributed by atoms with van der Waals surface area (Å²) in [6, 6.07) is 0. The van der Waals surface area contributed by atoms with Gasteiger partial charge in [0, 0.05) is 17.8 Å². The molecule has 148 valence electrons. The second-order valence-corrected chi connectivity index (χ2v) is 9.61. The maximum absolute atomic E-state index is 11.8. The van der Waals surface area contributed by atoms with Crippen molar-refractivity contribution in [1.82, 2.24) is 0 Å². The Hall–Kier alpha value is -1.31. The number of fused-ring (bicyclic) bond motifs is 5. The summed E-state index contributed by atoms with van der Waals surface area (Å²) in [6.07, 6.45) is 14.9. The Morgan fingerprint density at radius 1 is 1.30 bits per heavy atom. The molecule has 4 rings (SSSR count). The average molecular weight is 373 g/mol. The molecule has 4 heteroatoms. The molecule has 7 atom stereocenters. The van der Waals surface area contributed by atoms with Crippen LogP contribution < -0.4 is 0 Å². The van der Waals surface area contributed by atoms with Crippen LogP contribution in [0.25, 0.3) is 0 Å². The molecule has 0 bridgehead atoms. The van der Waals surface area contributed by atoms with E-state index in [9.17, 15) is 15.0 Å². The minimum atomic E-state index is -0.798. The molecule has 3 saturated carbocycles. The first-order valence-corrected chi connectivity index (χ1v) is 10.5. The number of aliphatic hydroxyl groups is 2. The summed E-state index contributed by atoms with van der Waals surface area (Å²) in [5.74, 6) is 3.88. The number of hydrogen-bond acceptors (Lipinski definition) is 4. The Morgan fingerprint density at radius 2 is 2.04 bits per heavy atom. The van der Waals surface area contributed by atoms with E-state index in [2.05, 4.69) is 18.9 Å². The fourth-order valence-corrected chi connectivity index (χ4v) is 7.41. The van der Waals surface area contributed by atoms with Crippen molar-refractivity contribution in [1.29, 1.82) is 0 Å². The minimum absolute atomic E-state index is 0.167. The molecule has 0 aromatic rings. The van der Waals surface area contributed by atoms with Crippen molar-refractivity contribution in [2.75, 3.05) is 6.61 Å². The second kappa shape index (κ2) is 6.36. The van der Waals surface area contributed by atoms with Gasteiger partial charge in [0.05, 0.1) is 12.7 Å². The second-order valence-electron chi connectivity index (χ2n) is 9.61. The van der Waals surface area contributed by atoms with Crippen LogP contribution in [0.4, 0.5) is 0 Å². The number of allylic oxidation sites excluding steroid dienone is 1. The summed E-state index contributed by atoms with van der Waals surface area (Å²) in [6.45, 7) is 3.84. The van der Waals surface area contributed by atoms with Gasteiger partial charge >= 0.3 is 5.97 Å². The number of carbonyl (C=O) groups excluding carboxylic acids is 1. The number of rotatable bonds is 2. The van der Waals surface area contributed by atoms with Gasteiger partial charge in [0.25, 0.3) is 0 Å². The lowest BCUT2D eigenvalue weighted by Crippen LogP contribution is -2.56. The lowest BCUT2D eigenvalue weighted by molar-refractivity contribution is -0.169. The van der Waals surface area contributed by atoms with Crippen LogP contribution in [0.2, 0.25) is 0 Å². The molecule has 4 nitrogen and oxygen atoms in total. The van der Waals surface area contributed by atoms with Crippen LogP contribution in [0.15, 0.2) is 11.6 Å². The fourth-order valence-electron chi connectivity index (χ4n) is 7.41. The highest BCUT2D eigenvalue weighted by atomic mass is 16.6. The van der Waals surface area contributed by atoms with Gasteiger partial charge in [-0.1, -0.05) is 24.5 Å². The van der Waals surface area contributed by atoms with Crippen LogP contribution in [0, 0.1) is 40.9 Å². The third-order valence-corrected chi connectivity index (χ3v) is 8.75. The largest absolute Gasteiger partial charge is 0.445 e. The van der Waals surface area contributed by atoms with Gasteiger partial charge in [-0.2, -0.15) is 0 Å². The first kappa shape index (κ1) is 19.0. The Labute approximate surface area is 162 Å². The smallest absolute Gasteiger partial charge is 0.304 e. The van der Waals surface area contributed by atoms with Gasteiger partial charge in [-0.25, -0.2) is 0 Å². The molecule has 0 heterocycles. The average Bonchev–Trinajstić information content (AvgIpc) is 2.93. The quantitative estimate of drug-likeness (QED) is 0.444. The van der Waals surface area contributed by atoms with Crippen LogP contribution in [0.5, 0.6) is 0 Å². The van der Waals surface area contributed by atoms with Crippen molar-refractivity contribution in [3.8, 4) is 12.3 Å². The Morgan fingerprint density at radius 3 is 2.70 bits per heavy atom. The van der Waals surface area contributed by atoms with E-state index in [0.717, 1.165) is 44.9 Å². The van der Waals surface area contributed by atoms with Crippen LogP contribution in [0.3, 0.4) is 0 Å². The van der Waals surface area contributed by atoms with Crippen molar-refractivity contribution >= 4 is 5.97 Å². The van der Waals surface area contributed by atoms with Crippen LogP contribution >= 0.6 is 0 Å². The molecule has 27 heavy (non-hydrogen) atoms. The molecule has 4 aliphatic carbocycles. The zero-order valence-corrected chi connectivity index (χ0v) is 16.5.